The number of ether oxygens (including phenoxy) is 1. The molecule has 134 valence electrons. The van der Waals surface area contributed by atoms with Crippen molar-refractivity contribution in [2.24, 2.45) is 0 Å². The lowest BCUT2D eigenvalue weighted by Gasteiger charge is -2.11. The molecule has 5 nitrogen and oxygen atoms in total. The van der Waals surface area contributed by atoms with Crippen LogP contribution in [0.15, 0.2) is 59.5 Å². The van der Waals surface area contributed by atoms with Gasteiger partial charge in [0.1, 0.15) is 5.75 Å². The summed E-state index contributed by atoms with van der Waals surface area (Å²) < 4.78 is 8.37. The first-order chi connectivity index (χ1) is 12.6. The summed E-state index contributed by atoms with van der Waals surface area (Å²) in [5, 5.41) is 2.95. The van der Waals surface area contributed by atoms with E-state index in [0.717, 1.165) is 22.3 Å². The average molecular weight is 414 g/mol. The van der Waals surface area contributed by atoms with Crippen molar-refractivity contribution in [2.75, 3.05) is 13.7 Å². The van der Waals surface area contributed by atoms with Crippen LogP contribution in [-0.4, -0.2) is 29.1 Å². The maximum atomic E-state index is 12.4. The highest BCUT2D eigenvalue weighted by molar-refractivity contribution is 9.10. The number of benzene rings is 2. The number of carbonyl (C=O) groups is 1. The van der Waals surface area contributed by atoms with Crippen LogP contribution < -0.4 is 10.1 Å². The molecule has 0 radical (unpaired) electrons. The van der Waals surface area contributed by atoms with Crippen molar-refractivity contribution in [1.82, 2.24) is 14.9 Å². The van der Waals surface area contributed by atoms with E-state index in [2.05, 4.69) is 32.3 Å². The van der Waals surface area contributed by atoms with Crippen LogP contribution in [0.1, 0.15) is 21.6 Å². The summed E-state index contributed by atoms with van der Waals surface area (Å²) in [4.78, 5) is 16.7. The standard InChI is InChI=1S/C20H20BrN3O2/c1-14-12-24(13-23-14)18-7-6-16(11-19(18)26-2)20(25)22-9-8-15-4-3-5-17(21)10-15/h3-7,10-13H,8-9H2,1-2H3,(H,22,25). The fourth-order valence-electron chi connectivity index (χ4n) is 2.70. The fraction of sp³-hybridized carbons (Fsp3) is 0.200. The summed E-state index contributed by atoms with van der Waals surface area (Å²) in [5.74, 6) is 0.508. The first-order valence-electron chi connectivity index (χ1n) is 8.28. The Bertz CT molecular complexity index is 921. The topological polar surface area (TPSA) is 56.1 Å². The third kappa shape index (κ3) is 4.32. The van der Waals surface area contributed by atoms with Crippen LogP contribution in [0, 0.1) is 6.92 Å². The molecule has 0 saturated heterocycles. The SMILES string of the molecule is COc1cc(C(=O)NCCc2cccc(Br)c2)ccc1-n1cnc(C)c1. The Balaban J connectivity index is 1.67. The smallest absolute Gasteiger partial charge is 0.251 e. The van der Waals surface area contributed by atoms with Crippen molar-refractivity contribution in [3.63, 3.8) is 0 Å². The van der Waals surface area contributed by atoms with Crippen LogP contribution in [0.4, 0.5) is 0 Å². The lowest BCUT2D eigenvalue weighted by Crippen LogP contribution is -2.25. The zero-order chi connectivity index (χ0) is 18.5. The van der Waals surface area contributed by atoms with Crippen LogP contribution in [0.25, 0.3) is 5.69 Å². The highest BCUT2D eigenvalue weighted by Crippen LogP contribution is 2.24. The molecule has 1 N–H and O–H groups in total. The number of methoxy groups -OCH3 is 1. The van der Waals surface area contributed by atoms with Crippen LogP contribution in [0.5, 0.6) is 5.75 Å². The Hall–Kier alpha value is -2.60. The highest BCUT2D eigenvalue weighted by Gasteiger charge is 2.11. The number of halogens is 1. The molecule has 0 aliphatic rings. The maximum absolute atomic E-state index is 12.4. The van der Waals surface area contributed by atoms with E-state index in [4.69, 9.17) is 4.74 Å². The van der Waals surface area contributed by atoms with E-state index in [1.54, 1.807) is 25.6 Å². The van der Waals surface area contributed by atoms with Crippen molar-refractivity contribution >= 4 is 21.8 Å². The molecule has 0 atom stereocenters. The molecule has 26 heavy (non-hydrogen) atoms. The molecule has 0 unspecified atom stereocenters. The summed E-state index contributed by atoms with van der Waals surface area (Å²) in [6.07, 6.45) is 4.41. The van der Waals surface area contributed by atoms with E-state index < -0.39 is 0 Å². The third-order valence-corrected chi connectivity index (χ3v) is 4.51. The molecule has 0 aliphatic carbocycles. The van der Waals surface area contributed by atoms with Gasteiger partial charge in [0.15, 0.2) is 0 Å². The number of carbonyl (C=O) groups excluding carboxylic acids is 1. The van der Waals surface area contributed by atoms with Gasteiger partial charge in [-0.3, -0.25) is 4.79 Å². The lowest BCUT2D eigenvalue weighted by atomic mass is 10.1. The van der Waals surface area contributed by atoms with Crippen LogP contribution in [-0.2, 0) is 6.42 Å². The third-order valence-electron chi connectivity index (χ3n) is 4.02. The molecule has 1 amide bonds. The summed E-state index contributed by atoms with van der Waals surface area (Å²) in [7, 11) is 1.59. The van der Waals surface area contributed by atoms with Gasteiger partial charge < -0.3 is 14.6 Å². The molecule has 0 aliphatic heterocycles. The minimum atomic E-state index is -0.119. The van der Waals surface area contributed by atoms with E-state index >= 15 is 0 Å². The molecule has 3 aromatic rings. The first kappa shape index (κ1) is 18.2. The molecule has 0 bridgehead atoms. The number of imidazole rings is 1. The van der Waals surface area contributed by atoms with Crippen molar-refractivity contribution in [3.05, 3.63) is 76.3 Å². The van der Waals surface area contributed by atoms with Crippen molar-refractivity contribution in [3.8, 4) is 11.4 Å². The monoisotopic (exact) mass is 413 g/mol. The first-order valence-corrected chi connectivity index (χ1v) is 9.08. The summed E-state index contributed by atoms with van der Waals surface area (Å²) in [6.45, 7) is 2.50. The largest absolute Gasteiger partial charge is 0.495 e. The minimum absolute atomic E-state index is 0.119. The van der Waals surface area contributed by atoms with Crippen molar-refractivity contribution < 1.29 is 9.53 Å². The summed E-state index contributed by atoms with van der Waals surface area (Å²) >= 11 is 3.46. The predicted molar refractivity (Wildman–Crippen MR) is 105 cm³/mol. The quantitative estimate of drug-likeness (QED) is 0.665. The molecule has 2 aromatic carbocycles. The fourth-order valence-corrected chi connectivity index (χ4v) is 3.15. The van der Waals surface area contributed by atoms with Gasteiger partial charge in [-0.15, -0.1) is 0 Å². The van der Waals surface area contributed by atoms with Gasteiger partial charge in [0.25, 0.3) is 5.91 Å². The second-order valence-corrected chi connectivity index (χ2v) is 6.86. The number of hydrogen-bond acceptors (Lipinski definition) is 3. The molecule has 0 spiro atoms. The number of hydrogen-bond donors (Lipinski definition) is 1. The summed E-state index contributed by atoms with van der Waals surface area (Å²) in [6, 6.07) is 13.5. The zero-order valence-corrected chi connectivity index (χ0v) is 16.3. The Labute approximate surface area is 161 Å². The Morgan fingerprint density at radius 1 is 1.27 bits per heavy atom. The number of nitrogens with zero attached hydrogens (tertiary/aromatic N) is 2. The molecule has 1 heterocycles. The zero-order valence-electron chi connectivity index (χ0n) is 14.7. The Morgan fingerprint density at radius 2 is 2.12 bits per heavy atom. The van der Waals surface area contributed by atoms with Gasteiger partial charge in [-0.25, -0.2) is 4.98 Å². The van der Waals surface area contributed by atoms with Gasteiger partial charge in [0.2, 0.25) is 0 Å². The molecular weight excluding hydrogens is 394 g/mol. The van der Waals surface area contributed by atoms with Crippen molar-refractivity contribution in [2.45, 2.75) is 13.3 Å². The summed E-state index contributed by atoms with van der Waals surface area (Å²) in [5.41, 5.74) is 3.50. The molecular formula is C20H20BrN3O2. The van der Waals surface area contributed by atoms with E-state index in [1.165, 1.54) is 5.56 Å². The average Bonchev–Trinajstić information content (AvgIpc) is 3.07. The molecule has 0 saturated carbocycles. The van der Waals surface area contributed by atoms with Crippen LogP contribution in [0.3, 0.4) is 0 Å². The highest BCUT2D eigenvalue weighted by atomic mass is 79.9. The normalized spacial score (nSPS) is 10.6. The maximum Gasteiger partial charge on any atom is 0.251 e. The second kappa shape index (κ2) is 8.19. The molecule has 3 rings (SSSR count). The van der Waals surface area contributed by atoms with Gasteiger partial charge in [-0.1, -0.05) is 28.1 Å². The van der Waals surface area contributed by atoms with Gasteiger partial charge >= 0.3 is 0 Å². The predicted octanol–water partition coefficient (Wildman–Crippen LogP) is 3.92. The van der Waals surface area contributed by atoms with E-state index in [-0.39, 0.29) is 5.91 Å². The van der Waals surface area contributed by atoms with E-state index in [1.807, 2.05) is 42.0 Å². The van der Waals surface area contributed by atoms with Gasteiger partial charge in [0, 0.05) is 22.8 Å². The second-order valence-electron chi connectivity index (χ2n) is 5.94. The number of amides is 1. The van der Waals surface area contributed by atoms with Crippen LogP contribution >= 0.6 is 15.9 Å². The van der Waals surface area contributed by atoms with Gasteiger partial charge in [-0.05, 0) is 49.2 Å². The Kier molecular flexibility index (Phi) is 5.73. The number of rotatable bonds is 6. The Morgan fingerprint density at radius 3 is 2.81 bits per heavy atom. The van der Waals surface area contributed by atoms with E-state index in [9.17, 15) is 4.79 Å². The number of nitrogens with one attached hydrogen (secondary N) is 1. The minimum Gasteiger partial charge on any atom is -0.495 e. The van der Waals surface area contributed by atoms with Gasteiger partial charge in [0.05, 0.1) is 24.8 Å². The lowest BCUT2D eigenvalue weighted by molar-refractivity contribution is 0.0954. The number of aryl methyl sites for hydroxylation is 1. The molecule has 1 aromatic heterocycles. The van der Waals surface area contributed by atoms with Crippen molar-refractivity contribution in [1.29, 1.82) is 0 Å². The molecule has 6 heteroatoms. The van der Waals surface area contributed by atoms with Gasteiger partial charge in [-0.2, -0.15) is 0 Å². The van der Waals surface area contributed by atoms with E-state index in [0.29, 0.717) is 17.9 Å². The number of aromatic nitrogens is 2. The molecule has 0 fully saturated rings. The van der Waals surface area contributed by atoms with Crippen LogP contribution in [0.2, 0.25) is 0 Å².